The Morgan fingerprint density at radius 3 is 2.75 bits per heavy atom. The molecule has 2 heterocycles. The van der Waals surface area contributed by atoms with Gasteiger partial charge in [0.2, 0.25) is 0 Å². The molecule has 0 aliphatic carbocycles. The summed E-state index contributed by atoms with van der Waals surface area (Å²) < 4.78 is 1.96. The molecule has 0 amide bonds. The Labute approximate surface area is 93.7 Å². The van der Waals surface area contributed by atoms with Crippen LogP contribution in [0.5, 0.6) is 0 Å². The summed E-state index contributed by atoms with van der Waals surface area (Å²) in [5.41, 5.74) is 0.918. The fourth-order valence-electron chi connectivity index (χ4n) is 1.34. The molecular formula is C10H14N6. The minimum absolute atomic E-state index is 0.675. The molecule has 2 aromatic heterocycles. The first-order valence-electron chi connectivity index (χ1n) is 5.09. The van der Waals surface area contributed by atoms with Crippen molar-refractivity contribution < 1.29 is 0 Å². The number of aryl methyl sites for hydroxylation is 1. The van der Waals surface area contributed by atoms with Gasteiger partial charge >= 0.3 is 0 Å². The molecule has 0 saturated heterocycles. The average Bonchev–Trinajstić information content (AvgIpc) is 2.62. The van der Waals surface area contributed by atoms with Crippen molar-refractivity contribution in [2.75, 3.05) is 0 Å². The number of nitrogens with zero attached hydrogens (tertiary/aromatic N) is 5. The standard InChI is InChI=1S/C10H14N6/c1-8-13-15-10(16(8)2)7-11-6-9-4-3-5-12-14-9/h3-5,11H,6-7H2,1-2H3. The number of hydrogen-bond acceptors (Lipinski definition) is 5. The molecule has 2 aromatic rings. The van der Waals surface area contributed by atoms with Gasteiger partial charge in [-0.15, -0.1) is 10.2 Å². The Morgan fingerprint density at radius 1 is 1.25 bits per heavy atom. The minimum atomic E-state index is 0.675. The van der Waals surface area contributed by atoms with Crippen molar-refractivity contribution in [1.29, 1.82) is 0 Å². The van der Waals surface area contributed by atoms with Crippen LogP contribution in [0.1, 0.15) is 17.3 Å². The maximum atomic E-state index is 4.06. The molecule has 0 aliphatic heterocycles. The lowest BCUT2D eigenvalue weighted by molar-refractivity contribution is 0.621. The maximum absolute atomic E-state index is 4.06. The van der Waals surface area contributed by atoms with Crippen LogP contribution in [0, 0.1) is 6.92 Å². The van der Waals surface area contributed by atoms with Gasteiger partial charge in [-0.1, -0.05) is 0 Å². The number of nitrogens with one attached hydrogen (secondary N) is 1. The second-order valence-electron chi connectivity index (χ2n) is 3.54. The average molecular weight is 218 g/mol. The van der Waals surface area contributed by atoms with Crippen molar-refractivity contribution in [2.24, 2.45) is 7.05 Å². The van der Waals surface area contributed by atoms with Crippen molar-refractivity contribution in [3.8, 4) is 0 Å². The van der Waals surface area contributed by atoms with E-state index in [1.54, 1.807) is 6.20 Å². The van der Waals surface area contributed by atoms with Crippen molar-refractivity contribution in [3.05, 3.63) is 35.7 Å². The molecule has 2 rings (SSSR count). The quantitative estimate of drug-likeness (QED) is 0.794. The molecule has 0 aliphatic rings. The molecule has 0 aromatic carbocycles. The molecular weight excluding hydrogens is 204 g/mol. The van der Waals surface area contributed by atoms with Gasteiger partial charge in [0.1, 0.15) is 11.6 Å². The molecule has 0 atom stereocenters. The van der Waals surface area contributed by atoms with Gasteiger partial charge in [-0.2, -0.15) is 10.2 Å². The van der Waals surface area contributed by atoms with E-state index in [9.17, 15) is 0 Å². The molecule has 6 heteroatoms. The normalized spacial score (nSPS) is 10.6. The molecule has 0 radical (unpaired) electrons. The van der Waals surface area contributed by atoms with Crippen molar-refractivity contribution in [1.82, 2.24) is 30.3 Å². The summed E-state index contributed by atoms with van der Waals surface area (Å²) in [5.74, 6) is 1.83. The number of hydrogen-bond donors (Lipinski definition) is 1. The second kappa shape index (κ2) is 4.80. The van der Waals surface area contributed by atoms with Gasteiger partial charge in [0.15, 0.2) is 0 Å². The largest absolute Gasteiger partial charge is 0.317 e. The van der Waals surface area contributed by atoms with E-state index in [0.717, 1.165) is 17.3 Å². The van der Waals surface area contributed by atoms with E-state index in [4.69, 9.17) is 0 Å². The Balaban J connectivity index is 1.87. The van der Waals surface area contributed by atoms with E-state index in [0.29, 0.717) is 13.1 Å². The summed E-state index contributed by atoms with van der Waals surface area (Å²) in [4.78, 5) is 0. The molecule has 16 heavy (non-hydrogen) atoms. The van der Waals surface area contributed by atoms with Gasteiger partial charge in [-0.3, -0.25) is 0 Å². The summed E-state index contributed by atoms with van der Waals surface area (Å²) in [7, 11) is 1.95. The zero-order chi connectivity index (χ0) is 11.4. The van der Waals surface area contributed by atoms with E-state index in [1.165, 1.54) is 0 Å². The fourth-order valence-corrected chi connectivity index (χ4v) is 1.34. The summed E-state index contributed by atoms with van der Waals surface area (Å²) >= 11 is 0. The van der Waals surface area contributed by atoms with Crippen LogP contribution in [-0.2, 0) is 20.1 Å². The zero-order valence-corrected chi connectivity index (χ0v) is 9.38. The van der Waals surface area contributed by atoms with Crippen molar-refractivity contribution in [2.45, 2.75) is 20.0 Å². The van der Waals surface area contributed by atoms with Crippen LogP contribution in [-0.4, -0.2) is 25.0 Å². The van der Waals surface area contributed by atoms with E-state index in [1.807, 2.05) is 30.7 Å². The summed E-state index contributed by atoms with van der Waals surface area (Å²) in [5, 5.41) is 19.1. The minimum Gasteiger partial charge on any atom is -0.317 e. The topological polar surface area (TPSA) is 68.5 Å². The molecule has 0 fully saturated rings. The zero-order valence-electron chi connectivity index (χ0n) is 9.38. The lowest BCUT2D eigenvalue weighted by atomic mass is 10.4. The van der Waals surface area contributed by atoms with E-state index < -0.39 is 0 Å². The third kappa shape index (κ3) is 2.40. The third-order valence-electron chi connectivity index (χ3n) is 2.40. The van der Waals surface area contributed by atoms with E-state index in [-0.39, 0.29) is 0 Å². The van der Waals surface area contributed by atoms with Crippen molar-refractivity contribution in [3.63, 3.8) is 0 Å². The van der Waals surface area contributed by atoms with Crippen LogP contribution in [0.15, 0.2) is 18.3 Å². The van der Waals surface area contributed by atoms with E-state index in [2.05, 4.69) is 25.7 Å². The smallest absolute Gasteiger partial charge is 0.146 e. The first-order valence-corrected chi connectivity index (χ1v) is 5.09. The van der Waals surface area contributed by atoms with Crippen LogP contribution < -0.4 is 5.32 Å². The number of aromatic nitrogens is 5. The molecule has 0 unspecified atom stereocenters. The highest BCUT2D eigenvalue weighted by Gasteiger charge is 2.03. The Morgan fingerprint density at radius 2 is 2.12 bits per heavy atom. The molecule has 0 bridgehead atoms. The van der Waals surface area contributed by atoms with Crippen LogP contribution in [0.2, 0.25) is 0 Å². The predicted molar refractivity (Wildman–Crippen MR) is 58.3 cm³/mol. The van der Waals surface area contributed by atoms with Crippen LogP contribution in [0.25, 0.3) is 0 Å². The Kier molecular flexibility index (Phi) is 3.21. The summed E-state index contributed by atoms with van der Waals surface area (Å²) in [6.07, 6.45) is 1.66. The lowest BCUT2D eigenvalue weighted by Crippen LogP contribution is -2.16. The monoisotopic (exact) mass is 218 g/mol. The summed E-state index contributed by atoms with van der Waals surface area (Å²) in [6, 6.07) is 3.80. The van der Waals surface area contributed by atoms with Gasteiger partial charge in [0, 0.05) is 19.8 Å². The molecule has 1 N–H and O–H groups in total. The first kappa shape index (κ1) is 10.7. The molecule has 0 spiro atoms. The summed E-state index contributed by atoms with van der Waals surface area (Å²) in [6.45, 7) is 3.28. The second-order valence-corrected chi connectivity index (χ2v) is 3.54. The van der Waals surface area contributed by atoms with Crippen LogP contribution in [0.3, 0.4) is 0 Å². The van der Waals surface area contributed by atoms with Gasteiger partial charge in [-0.25, -0.2) is 0 Å². The highest BCUT2D eigenvalue weighted by Crippen LogP contribution is 1.97. The lowest BCUT2D eigenvalue weighted by Gasteiger charge is -2.03. The van der Waals surface area contributed by atoms with Crippen LogP contribution >= 0.6 is 0 Å². The SMILES string of the molecule is Cc1nnc(CNCc2cccnn2)n1C. The van der Waals surface area contributed by atoms with Gasteiger partial charge in [0.25, 0.3) is 0 Å². The predicted octanol–water partition coefficient (Wildman–Crippen LogP) is 0.203. The van der Waals surface area contributed by atoms with Gasteiger partial charge in [0.05, 0.1) is 12.2 Å². The highest BCUT2D eigenvalue weighted by molar-refractivity contribution is 4.99. The van der Waals surface area contributed by atoms with Crippen LogP contribution in [0.4, 0.5) is 0 Å². The first-order chi connectivity index (χ1) is 7.77. The van der Waals surface area contributed by atoms with E-state index >= 15 is 0 Å². The fraction of sp³-hybridized carbons (Fsp3) is 0.400. The van der Waals surface area contributed by atoms with Gasteiger partial charge in [-0.05, 0) is 19.1 Å². The highest BCUT2D eigenvalue weighted by atomic mass is 15.3. The Hall–Kier alpha value is -1.82. The van der Waals surface area contributed by atoms with Gasteiger partial charge < -0.3 is 9.88 Å². The molecule has 0 saturated carbocycles. The Bertz CT molecular complexity index is 450. The molecule has 6 nitrogen and oxygen atoms in total. The maximum Gasteiger partial charge on any atom is 0.146 e. The van der Waals surface area contributed by atoms with Crippen molar-refractivity contribution >= 4 is 0 Å². The third-order valence-corrected chi connectivity index (χ3v) is 2.40. The number of rotatable bonds is 4. The molecule has 84 valence electrons.